The van der Waals surface area contributed by atoms with Crippen LogP contribution in [0.2, 0.25) is 0 Å². The van der Waals surface area contributed by atoms with Gasteiger partial charge in [0, 0.05) is 6.61 Å². The third-order valence-corrected chi connectivity index (χ3v) is 2.79. The number of anilines is 1. The zero-order valence-corrected chi connectivity index (χ0v) is 9.99. The van der Waals surface area contributed by atoms with Gasteiger partial charge in [-0.1, -0.05) is 0 Å². The van der Waals surface area contributed by atoms with Crippen LogP contribution in [0.15, 0.2) is 4.42 Å². The number of aromatic nitrogens is 1. The molecule has 0 spiro atoms. The van der Waals surface area contributed by atoms with Gasteiger partial charge in [0.15, 0.2) is 0 Å². The number of ether oxygens (including phenoxy) is 2. The van der Waals surface area contributed by atoms with E-state index in [1.54, 1.807) is 6.92 Å². The second-order valence-electron chi connectivity index (χ2n) is 4.14. The molecule has 1 saturated heterocycles. The van der Waals surface area contributed by atoms with Crippen molar-refractivity contribution in [1.29, 1.82) is 0 Å². The van der Waals surface area contributed by atoms with Crippen LogP contribution in [0, 0.1) is 0 Å². The van der Waals surface area contributed by atoms with Gasteiger partial charge in [0.1, 0.15) is 5.60 Å². The van der Waals surface area contributed by atoms with Crippen molar-refractivity contribution in [3.8, 4) is 0 Å². The molecular weight excluding hydrogens is 224 g/mol. The van der Waals surface area contributed by atoms with Gasteiger partial charge in [0.25, 0.3) is 0 Å². The Morgan fingerprint density at radius 3 is 3.00 bits per heavy atom. The zero-order valence-electron chi connectivity index (χ0n) is 9.99. The van der Waals surface area contributed by atoms with E-state index in [-0.39, 0.29) is 18.2 Å². The molecule has 2 heterocycles. The van der Waals surface area contributed by atoms with Crippen LogP contribution in [0.3, 0.4) is 0 Å². The molecule has 0 bridgehead atoms. The van der Waals surface area contributed by atoms with Gasteiger partial charge in [-0.15, -0.1) is 0 Å². The summed E-state index contributed by atoms with van der Waals surface area (Å²) in [5.74, 6) is -0.243. The van der Waals surface area contributed by atoms with E-state index in [2.05, 4.69) is 4.98 Å². The normalized spacial score (nSPS) is 23.9. The fourth-order valence-electron chi connectivity index (χ4n) is 1.85. The first-order valence-electron chi connectivity index (χ1n) is 5.64. The number of hydrogen-bond acceptors (Lipinski definition) is 6. The molecule has 0 aromatic carbocycles. The molecule has 1 aromatic heterocycles. The molecule has 2 N–H and O–H groups in total. The lowest BCUT2D eigenvalue weighted by Crippen LogP contribution is -2.20. The van der Waals surface area contributed by atoms with Gasteiger partial charge < -0.3 is 19.6 Å². The molecule has 1 atom stereocenters. The van der Waals surface area contributed by atoms with Crippen LogP contribution in [0.5, 0.6) is 0 Å². The van der Waals surface area contributed by atoms with Crippen LogP contribution >= 0.6 is 0 Å². The number of oxazole rings is 1. The number of nitrogens with two attached hydrogens (primary N) is 1. The van der Waals surface area contributed by atoms with Gasteiger partial charge in [-0.05, 0) is 26.7 Å². The number of esters is 1. The number of nitrogens with zero attached hydrogens (tertiary/aromatic N) is 1. The third-order valence-electron chi connectivity index (χ3n) is 2.79. The average molecular weight is 240 g/mol. The van der Waals surface area contributed by atoms with E-state index in [1.807, 2.05) is 6.92 Å². The number of rotatable bonds is 3. The van der Waals surface area contributed by atoms with Gasteiger partial charge in [-0.25, -0.2) is 9.78 Å². The second-order valence-corrected chi connectivity index (χ2v) is 4.14. The summed E-state index contributed by atoms with van der Waals surface area (Å²) in [7, 11) is 0. The van der Waals surface area contributed by atoms with Crippen LogP contribution in [0.25, 0.3) is 0 Å². The first kappa shape index (κ1) is 11.9. The van der Waals surface area contributed by atoms with E-state index in [0.29, 0.717) is 12.5 Å². The lowest BCUT2D eigenvalue weighted by molar-refractivity contribution is -0.00476. The Kier molecular flexibility index (Phi) is 3.06. The van der Waals surface area contributed by atoms with Crippen molar-refractivity contribution in [2.45, 2.75) is 32.3 Å². The highest BCUT2D eigenvalue weighted by molar-refractivity contribution is 5.91. The number of carbonyl (C=O) groups excluding carboxylic acids is 1. The summed E-state index contributed by atoms with van der Waals surface area (Å²) in [5.41, 5.74) is 5.06. The van der Waals surface area contributed by atoms with Crippen molar-refractivity contribution < 1.29 is 18.7 Å². The van der Waals surface area contributed by atoms with Crippen LogP contribution < -0.4 is 5.73 Å². The molecule has 6 nitrogen and oxygen atoms in total. The van der Waals surface area contributed by atoms with E-state index >= 15 is 0 Å². The van der Waals surface area contributed by atoms with Crippen molar-refractivity contribution in [3.63, 3.8) is 0 Å². The molecule has 0 amide bonds. The molecule has 94 valence electrons. The van der Waals surface area contributed by atoms with Gasteiger partial charge in [0.05, 0.1) is 6.61 Å². The van der Waals surface area contributed by atoms with Gasteiger partial charge in [-0.3, -0.25) is 0 Å². The monoisotopic (exact) mass is 240 g/mol. The maximum atomic E-state index is 11.5. The SMILES string of the molecule is CCOC(=O)c1nc(C2(C)CCCO2)oc1N. The fourth-order valence-corrected chi connectivity index (χ4v) is 1.85. The third kappa shape index (κ3) is 2.12. The lowest BCUT2D eigenvalue weighted by Gasteiger charge is -2.17. The average Bonchev–Trinajstić information content (AvgIpc) is 2.86. The minimum atomic E-state index is -0.584. The Morgan fingerprint density at radius 2 is 2.41 bits per heavy atom. The van der Waals surface area contributed by atoms with E-state index in [4.69, 9.17) is 19.6 Å². The molecule has 6 heteroatoms. The molecule has 1 unspecified atom stereocenters. The van der Waals surface area contributed by atoms with Crippen molar-refractivity contribution in [3.05, 3.63) is 11.6 Å². The summed E-state index contributed by atoms with van der Waals surface area (Å²) >= 11 is 0. The fraction of sp³-hybridized carbons (Fsp3) is 0.636. The summed E-state index contributed by atoms with van der Waals surface area (Å²) < 4.78 is 15.7. The predicted octanol–water partition coefficient (Wildman–Crippen LogP) is 1.46. The van der Waals surface area contributed by atoms with Crippen molar-refractivity contribution >= 4 is 11.9 Å². The number of nitrogen functional groups attached to an aromatic ring is 1. The highest BCUT2D eigenvalue weighted by atomic mass is 16.5. The predicted molar refractivity (Wildman–Crippen MR) is 59.4 cm³/mol. The molecule has 2 rings (SSSR count). The summed E-state index contributed by atoms with van der Waals surface area (Å²) in [6.07, 6.45) is 1.74. The highest BCUT2D eigenvalue weighted by Crippen LogP contribution is 2.36. The maximum absolute atomic E-state index is 11.5. The minimum absolute atomic E-state index is 0.0184. The van der Waals surface area contributed by atoms with E-state index in [0.717, 1.165) is 12.8 Å². The largest absolute Gasteiger partial charge is 0.461 e. The molecule has 1 fully saturated rings. The lowest BCUT2D eigenvalue weighted by atomic mass is 10.0. The molecule has 1 aliphatic rings. The molecule has 17 heavy (non-hydrogen) atoms. The Labute approximate surface area is 99.1 Å². The van der Waals surface area contributed by atoms with E-state index in [1.165, 1.54) is 0 Å². The van der Waals surface area contributed by atoms with Crippen LogP contribution in [0.4, 0.5) is 5.88 Å². The van der Waals surface area contributed by atoms with Gasteiger partial charge in [0.2, 0.25) is 17.5 Å². The molecular formula is C11H16N2O4. The Balaban J connectivity index is 2.27. The smallest absolute Gasteiger partial charge is 0.362 e. The van der Waals surface area contributed by atoms with Crippen molar-refractivity contribution in [1.82, 2.24) is 4.98 Å². The molecule has 0 saturated carbocycles. The number of carbonyl (C=O) groups is 1. The van der Waals surface area contributed by atoms with E-state index < -0.39 is 11.6 Å². The summed E-state index contributed by atoms with van der Waals surface area (Å²) in [5, 5.41) is 0. The zero-order chi connectivity index (χ0) is 12.5. The molecule has 0 aliphatic carbocycles. The Bertz CT molecular complexity index is 421. The van der Waals surface area contributed by atoms with Crippen molar-refractivity contribution in [2.75, 3.05) is 18.9 Å². The van der Waals surface area contributed by atoms with Crippen molar-refractivity contribution in [2.24, 2.45) is 0 Å². The first-order chi connectivity index (χ1) is 8.07. The summed E-state index contributed by atoms with van der Waals surface area (Å²) in [6, 6.07) is 0. The van der Waals surface area contributed by atoms with Crippen LogP contribution in [-0.4, -0.2) is 24.2 Å². The van der Waals surface area contributed by atoms with Crippen LogP contribution in [0.1, 0.15) is 43.1 Å². The topological polar surface area (TPSA) is 87.6 Å². The molecule has 1 aliphatic heterocycles. The van der Waals surface area contributed by atoms with Gasteiger partial charge in [-0.2, -0.15) is 0 Å². The minimum Gasteiger partial charge on any atom is -0.461 e. The summed E-state index contributed by atoms with van der Waals surface area (Å²) in [6.45, 7) is 4.53. The molecule has 0 radical (unpaired) electrons. The second kappa shape index (κ2) is 4.37. The highest BCUT2D eigenvalue weighted by Gasteiger charge is 2.38. The maximum Gasteiger partial charge on any atom is 0.362 e. The number of hydrogen-bond donors (Lipinski definition) is 1. The quantitative estimate of drug-likeness (QED) is 0.805. The van der Waals surface area contributed by atoms with Crippen LogP contribution in [-0.2, 0) is 15.1 Å². The Morgan fingerprint density at radius 1 is 1.65 bits per heavy atom. The van der Waals surface area contributed by atoms with E-state index in [9.17, 15) is 4.79 Å². The molecule has 1 aromatic rings. The standard InChI is InChI=1S/C11H16N2O4/c1-3-15-9(14)7-8(12)17-10(13-7)11(2)5-4-6-16-11/h3-6,12H2,1-2H3. The first-order valence-corrected chi connectivity index (χ1v) is 5.64. The van der Waals surface area contributed by atoms with Gasteiger partial charge >= 0.3 is 5.97 Å². The Hall–Kier alpha value is -1.56. The summed E-state index contributed by atoms with van der Waals surface area (Å²) in [4.78, 5) is 15.6.